The van der Waals surface area contributed by atoms with Crippen LogP contribution in [0.25, 0.3) is 0 Å². The van der Waals surface area contributed by atoms with Crippen LogP contribution in [0, 0.1) is 5.82 Å². The van der Waals surface area contributed by atoms with E-state index in [4.69, 9.17) is 11.6 Å². The Balaban J connectivity index is 2.28. The molecule has 0 heterocycles. The Morgan fingerprint density at radius 1 is 1.33 bits per heavy atom. The van der Waals surface area contributed by atoms with Gasteiger partial charge < -0.3 is 10.6 Å². The standard InChI is InChI=1S/C15H13BrClFN2O/c1-2-19-14-10(4-3-5-13(14)18)15(21)20-9-6-7-11(16)12(17)8-9/h3-8,19H,2H2,1H3,(H,20,21). The van der Waals surface area contributed by atoms with Gasteiger partial charge in [0.05, 0.1) is 16.3 Å². The molecule has 2 N–H and O–H groups in total. The number of hydrogen-bond acceptors (Lipinski definition) is 2. The van der Waals surface area contributed by atoms with E-state index in [0.29, 0.717) is 17.3 Å². The predicted octanol–water partition coefficient (Wildman–Crippen LogP) is 4.93. The number of nitrogens with one attached hydrogen (secondary N) is 2. The number of benzene rings is 2. The van der Waals surface area contributed by atoms with Gasteiger partial charge in [-0.3, -0.25) is 4.79 Å². The number of carbonyl (C=O) groups excluding carboxylic acids is 1. The van der Waals surface area contributed by atoms with Crippen LogP contribution < -0.4 is 10.6 Å². The van der Waals surface area contributed by atoms with Gasteiger partial charge in [0, 0.05) is 16.7 Å². The normalized spacial score (nSPS) is 10.3. The van der Waals surface area contributed by atoms with Crippen molar-refractivity contribution in [2.45, 2.75) is 6.92 Å². The van der Waals surface area contributed by atoms with Crippen molar-refractivity contribution >= 4 is 44.8 Å². The lowest BCUT2D eigenvalue weighted by Gasteiger charge is -2.12. The molecule has 2 rings (SSSR count). The van der Waals surface area contributed by atoms with Crippen LogP contribution in [0.3, 0.4) is 0 Å². The average Bonchev–Trinajstić information content (AvgIpc) is 2.45. The maximum atomic E-state index is 13.8. The van der Waals surface area contributed by atoms with E-state index in [1.807, 2.05) is 6.92 Å². The van der Waals surface area contributed by atoms with Crippen molar-refractivity contribution in [3.05, 3.63) is 57.3 Å². The third-order valence-corrected chi connectivity index (χ3v) is 4.02. The van der Waals surface area contributed by atoms with E-state index in [9.17, 15) is 9.18 Å². The van der Waals surface area contributed by atoms with Gasteiger partial charge in [-0.05, 0) is 53.2 Å². The van der Waals surface area contributed by atoms with Crippen molar-refractivity contribution in [2.24, 2.45) is 0 Å². The smallest absolute Gasteiger partial charge is 0.257 e. The Kier molecular flexibility index (Phi) is 5.20. The SMILES string of the molecule is CCNc1c(F)cccc1C(=O)Nc1ccc(Br)c(Cl)c1. The van der Waals surface area contributed by atoms with Gasteiger partial charge in [-0.25, -0.2) is 4.39 Å². The van der Waals surface area contributed by atoms with E-state index in [-0.39, 0.29) is 11.3 Å². The van der Waals surface area contributed by atoms with Gasteiger partial charge in [-0.15, -0.1) is 0 Å². The zero-order chi connectivity index (χ0) is 15.4. The van der Waals surface area contributed by atoms with E-state index >= 15 is 0 Å². The maximum Gasteiger partial charge on any atom is 0.257 e. The van der Waals surface area contributed by atoms with E-state index in [0.717, 1.165) is 4.47 Å². The second-order valence-corrected chi connectivity index (χ2v) is 5.54. The molecule has 0 unspecified atom stereocenters. The molecule has 0 saturated heterocycles. The predicted molar refractivity (Wildman–Crippen MR) is 87.7 cm³/mol. The van der Waals surface area contributed by atoms with Crippen LogP contribution >= 0.6 is 27.5 Å². The molecule has 110 valence electrons. The molecule has 0 spiro atoms. The lowest BCUT2D eigenvalue weighted by Crippen LogP contribution is -2.15. The molecule has 0 fully saturated rings. The van der Waals surface area contributed by atoms with E-state index in [1.165, 1.54) is 12.1 Å². The van der Waals surface area contributed by atoms with Gasteiger partial charge in [-0.1, -0.05) is 17.7 Å². The van der Waals surface area contributed by atoms with Crippen LogP contribution in [0.2, 0.25) is 5.02 Å². The second kappa shape index (κ2) is 6.91. The van der Waals surface area contributed by atoms with Gasteiger partial charge in [-0.2, -0.15) is 0 Å². The molecule has 6 heteroatoms. The monoisotopic (exact) mass is 370 g/mol. The molecule has 0 saturated carbocycles. The molecular weight excluding hydrogens is 359 g/mol. The van der Waals surface area contributed by atoms with E-state index in [2.05, 4.69) is 26.6 Å². The van der Waals surface area contributed by atoms with Crippen molar-refractivity contribution < 1.29 is 9.18 Å². The second-order valence-electron chi connectivity index (χ2n) is 4.28. The van der Waals surface area contributed by atoms with Crippen molar-refractivity contribution in [1.29, 1.82) is 0 Å². The lowest BCUT2D eigenvalue weighted by molar-refractivity contribution is 0.102. The van der Waals surface area contributed by atoms with Crippen molar-refractivity contribution in [3.63, 3.8) is 0 Å². The summed E-state index contributed by atoms with van der Waals surface area (Å²) in [6.45, 7) is 2.36. The largest absolute Gasteiger partial charge is 0.382 e. The Hall–Kier alpha value is -1.59. The number of carbonyl (C=O) groups is 1. The van der Waals surface area contributed by atoms with E-state index in [1.54, 1.807) is 24.3 Å². The molecule has 0 atom stereocenters. The summed E-state index contributed by atoms with van der Waals surface area (Å²) in [7, 11) is 0. The highest BCUT2D eigenvalue weighted by atomic mass is 79.9. The van der Waals surface area contributed by atoms with Gasteiger partial charge in [0.15, 0.2) is 0 Å². The van der Waals surface area contributed by atoms with Gasteiger partial charge in [0.25, 0.3) is 5.91 Å². The molecule has 1 amide bonds. The number of anilines is 2. The van der Waals surface area contributed by atoms with Crippen LogP contribution in [-0.4, -0.2) is 12.5 Å². The third kappa shape index (κ3) is 3.74. The summed E-state index contributed by atoms with van der Waals surface area (Å²) in [5.41, 5.74) is 0.983. The van der Waals surface area contributed by atoms with Crippen LogP contribution in [-0.2, 0) is 0 Å². The number of halogens is 3. The first-order valence-corrected chi connectivity index (χ1v) is 7.48. The first kappa shape index (κ1) is 15.8. The zero-order valence-electron chi connectivity index (χ0n) is 11.2. The minimum atomic E-state index is -0.460. The fourth-order valence-electron chi connectivity index (χ4n) is 1.84. The van der Waals surface area contributed by atoms with Crippen molar-refractivity contribution in [3.8, 4) is 0 Å². The molecule has 0 aromatic heterocycles. The highest BCUT2D eigenvalue weighted by molar-refractivity contribution is 9.10. The summed E-state index contributed by atoms with van der Waals surface area (Å²) < 4.78 is 14.5. The molecule has 0 aliphatic rings. The summed E-state index contributed by atoms with van der Waals surface area (Å²) in [5, 5.41) is 6.05. The number of hydrogen-bond donors (Lipinski definition) is 2. The summed E-state index contributed by atoms with van der Waals surface area (Å²) in [4.78, 5) is 12.3. The summed E-state index contributed by atoms with van der Waals surface area (Å²) >= 11 is 9.26. The van der Waals surface area contributed by atoms with Crippen LogP contribution in [0.1, 0.15) is 17.3 Å². The fraction of sp³-hybridized carbons (Fsp3) is 0.133. The molecular formula is C15H13BrClFN2O. The average molecular weight is 372 g/mol. The molecule has 3 nitrogen and oxygen atoms in total. The minimum absolute atomic E-state index is 0.195. The topological polar surface area (TPSA) is 41.1 Å². The highest BCUT2D eigenvalue weighted by Crippen LogP contribution is 2.26. The van der Waals surface area contributed by atoms with Crippen molar-refractivity contribution in [1.82, 2.24) is 0 Å². The molecule has 0 radical (unpaired) electrons. The number of amides is 1. The molecule has 0 aliphatic carbocycles. The van der Waals surface area contributed by atoms with Crippen LogP contribution in [0.15, 0.2) is 40.9 Å². The summed E-state index contributed by atoms with van der Waals surface area (Å²) in [5.74, 6) is -0.859. The third-order valence-electron chi connectivity index (χ3n) is 2.79. The number of para-hydroxylation sites is 1. The maximum absolute atomic E-state index is 13.8. The Bertz CT molecular complexity index is 679. The first-order valence-electron chi connectivity index (χ1n) is 6.31. The molecule has 0 bridgehead atoms. The quantitative estimate of drug-likeness (QED) is 0.800. The fourth-order valence-corrected chi connectivity index (χ4v) is 2.27. The number of rotatable bonds is 4. The Labute approximate surface area is 135 Å². The Morgan fingerprint density at radius 3 is 2.76 bits per heavy atom. The zero-order valence-corrected chi connectivity index (χ0v) is 13.6. The molecule has 0 aliphatic heterocycles. The summed E-state index contributed by atoms with van der Waals surface area (Å²) in [6.07, 6.45) is 0. The first-order chi connectivity index (χ1) is 10.0. The Morgan fingerprint density at radius 2 is 2.10 bits per heavy atom. The lowest BCUT2D eigenvalue weighted by atomic mass is 10.1. The van der Waals surface area contributed by atoms with Gasteiger partial charge in [0.2, 0.25) is 0 Å². The molecule has 21 heavy (non-hydrogen) atoms. The molecule has 2 aromatic rings. The van der Waals surface area contributed by atoms with Crippen LogP contribution in [0.5, 0.6) is 0 Å². The van der Waals surface area contributed by atoms with E-state index < -0.39 is 11.7 Å². The highest BCUT2D eigenvalue weighted by Gasteiger charge is 2.15. The van der Waals surface area contributed by atoms with Gasteiger partial charge in [0.1, 0.15) is 5.82 Å². The van der Waals surface area contributed by atoms with Crippen LogP contribution in [0.4, 0.5) is 15.8 Å². The van der Waals surface area contributed by atoms with Gasteiger partial charge >= 0.3 is 0 Å². The van der Waals surface area contributed by atoms with Crippen molar-refractivity contribution in [2.75, 3.05) is 17.2 Å². The molecule has 2 aromatic carbocycles. The summed E-state index contributed by atoms with van der Waals surface area (Å²) in [6, 6.07) is 9.44. The minimum Gasteiger partial charge on any atom is -0.382 e.